The van der Waals surface area contributed by atoms with Gasteiger partial charge in [-0.05, 0) is 0 Å². The molecule has 0 spiro atoms. The molecule has 0 amide bonds. The summed E-state index contributed by atoms with van der Waals surface area (Å²) in [4.78, 5) is 6.99. The third-order valence-electron chi connectivity index (χ3n) is 0.577. The Balaban J connectivity index is 0. The van der Waals surface area contributed by atoms with E-state index < -0.39 is 8.69 Å². The van der Waals surface area contributed by atoms with Crippen LogP contribution in [0.2, 0.25) is 10.6 Å². The fourth-order valence-corrected chi connectivity index (χ4v) is 0.866. The first-order valence-corrected chi connectivity index (χ1v) is 5.01. The summed E-state index contributed by atoms with van der Waals surface area (Å²) in [6.07, 6.45) is 0. The summed E-state index contributed by atoms with van der Waals surface area (Å²) in [5, 5.41) is 2.85. The van der Waals surface area contributed by atoms with Crippen molar-refractivity contribution in [3.8, 4) is 0 Å². The van der Waals surface area contributed by atoms with Crippen LogP contribution in [0.15, 0.2) is 0 Å². The Bertz CT molecular complexity index is 41.0. The molecule has 8 heavy (non-hydrogen) atoms. The second kappa shape index (κ2) is 15.6. The molecule has 0 aliphatic carbocycles. The van der Waals surface area contributed by atoms with Crippen LogP contribution in [0.3, 0.4) is 0 Å². The molecule has 0 aromatic heterocycles. The van der Waals surface area contributed by atoms with Gasteiger partial charge in [0.25, 0.3) is 0 Å². The van der Waals surface area contributed by atoms with Crippen LogP contribution in [0, 0.1) is 0 Å². The van der Waals surface area contributed by atoms with Crippen LogP contribution >= 0.6 is 8.69 Å². The maximum atomic E-state index is 8.46. The van der Waals surface area contributed by atoms with E-state index in [0.717, 1.165) is 15.2 Å². The third-order valence-corrected chi connectivity index (χ3v) is 1.73. The molecule has 2 nitrogen and oxygen atoms in total. The minimum Gasteiger partial charge on any atom is -0.310 e. The molecule has 0 unspecified atom stereocenters. The van der Waals surface area contributed by atoms with E-state index >= 15 is 0 Å². The summed E-state index contributed by atoms with van der Waals surface area (Å²) >= 11 is 0.815. The molecular formula is C4H11AlO2P+. The molecular weight excluding hydrogens is 138 g/mol. The molecule has 0 bridgehead atoms. The summed E-state index contributed by atoms with van der Waals surface area (Å²) in [7, 11) is -0.833. The van der Waals surface area contributed by atoms with E-state index in [4.69, 9.17) is 9.46 Å². The summed E-state index contributed by atoms with van der Waals surface area (Å²) in [6, 6.07) is 0. The smallest absolute Gasteiger partial charge is 0.310 e. The first kappa shape index (κ1) is 11.4. The van der Waals surface area contributed by atoms with Crippen LogP contribution in [-0.4, -0.2) is 20.1 Å². The largest absolute Gasteiger partial charge is 0.324 e. The topological polar surface area (TPSA) is 37.3 Å². The SMILES string of the molecule is C[CH2][Al+][CH2]C.O=PO. The minimum atomic E-state index is -0.833. The monoisotopic (exact) mass is 149 g/mol. The van der Waals surface area contributed by atoms with Gasteiger partial charge in [-0.1, -0.05) is 0 Å². The molecule has 0 saturated carbocycles. The van der Waals surface area contributed by atoms with Crippen molar-refractivity contribution in [2.45, 2.75) is 24.4 Å². The van der Waals surface area contributed by atoms with Crippen molar-refractivity contribution in [2.75, 3.05) is 0 Å². The summed E-state index contributed by atoms with van der Waals surface area (Å²) < 4.78 is 8.46. The van der Waals surface area contributed by atoms with Crippen LogP contribution in [0.5, 0.6) is 0 Å². The molecule has 0 aliphatic heterocycles. The van der Waals surface area contributed by atoms with E-state index in [2.05, 4.69) is 13.8 Å². The molecule has 0 aliphatic rings. The van der Waals surface area contributed by atoms with Crippen molar-refractivity contribution < 1.29 is 9.46 Å². The van der Waals surface area contributed by atoms with Crippen molar-refractivity contribution >= 4 is 23.9 Å². The molecule has 0 saturated heterocycles. The third kappa shape index (κ3) is 30.7. The van der Waals surface area contributed by atoms with Crippen molar-refractivity contribution in [3.63, 3.8) is 0 Å². The molecule has 4 heteroatoms. The van der Waals surface area contributed by atoms with Gasteiger partial charge in [0, 0.05) is 0 Å². The van der Waals surface area contributed by atoms with Crippen molar-refractivity contribution in [1.29, 1.82) is 0 Å². The zero-order chi connectivity index (χ0) is 6.83. The van der Waals surface area contributed by atoms with Crippen molar-refractivity contribution in [1.82, 2.24) is 0 Å². The Hall–Kier alpha value is 0.592. The van der Waals surface area contributed by atoms with E-state index in [-0.39, 0.29) is 0 Å². The van der Waals surface area contributed by atoms with Gasteiger partial charge < -0.3 is 4.89 Å². The van der Waals surface area contributed by atoms with E-state index in [1.807, 2.05) is 0 Å². The van der Waals surface area contributed by atoms with Crippen LogP contribution < -0.4 is 0 Å². The first-order chi connectivity index (χ1) is 3.83. The van der Waals surface area contributed by atoms with E-state index in [1.165, 1.54) is 10.6 Å². The van der Waals surface area contributed by atoms with E-state index in [9.17, 15) is 0 Å². The van der Waals surface area contributed by atoms with Gasteiger partial charge in [0.15, 0.2) is 0 Å². The molecule has 46 valence electrons. The van der Waals surface area contributed by atoms with Gasteiger partial charge in [-0.25, -0.2) is 4.57 Å². The van der Waals surface area contributed by atoms with Crippen molar-refractivity contribution in [3.05, 3.63) is 0 Å². The predicted molar refractivity (Wildman–Crippen MR) is 36.5 cm³/mol. The molecule has 0 aromatic carbocycles. The summed E-state index contributed by atoms with van der Waals surface area (Å²) in [5.41, 5.74) is 0. The van der Waals surface area contributed by atoms with E-state index in [1.54, 1.807) is 0 Å². The van der Waals surface area contributed by atoms with Gasteiger partial charge in [0.05, 0.1) is 0 Å². The van der Waals surface area contributed by atoms with Gasteiger partial charge in [0.1, 0.15) is 0 Å². The fourth-order valence-electron chi connectivity index (χ4n) is 0.289. The van der Waals surface area contributed by atoms with Crippen LogP contribution in [0.4, 0.5) is 0 Å². The molecule has 0 aromatic rings. The van der Waals surface area contributed by atoms with Gasteiger partial charge >= 0.3 is 48.3 Å². The molecule has 1 N–H and O–H groups in total. The van der Waals surface area contributed by atoms with Crippen LogP contribution in [0.1, 0.15) is 13.8 Å². The average molecular weight is 149 g/mol. The maximum Gasteiger partial charge on any atom is 0.324 e. The second-order valence-electron chi connectivity index (χ2n) is 1.19. The Morgan fingerprint density at radius 2 is 1.75 bits per heavy atom. The van der Waals surface area contributed by atoms with Gasteiger partial charge in [-0.2, -0.15) is 0 Å². The predicted octanol–water partition coefficient (Wildman–Crippen LogP) is 1.75. The van der Waals surface area contributed by atoms with Gasteiger partial charge in [-0.3, -0.25) is 0 Å². The zero-order valence-electron chi connectivity index (χ0n) is 5.29. The molecule has 0 rings (SSSR count). The van der Waals surface area contributed by atoms with E-state index in [0.29, 0.717) is 0 Å². The molecule has 0 fully saturated rings. The summed E-state index contributed by atoms with van der Waals surface area (Å²) in [5.74, 6) is 0. The zero-order valence-corrected chi connectivity index (χ0v) is 7.34. The normalized spacial score (nSPS) is 6.88. The number of hydrogen-bond acceptors (Lipinski definition) is 1. The maximum absolute atomic E-state index is 8.46. The second-order valence-corrected chi connectivity index (χ2v) is 3.56. The molecule has 0 radical (unpaired) electrons. The van der Waals surface area contributed by atoms with Crippen LogP contribution in [0.25, 0.3) is 0 Å². The minimum absolute atomic E-state index is 0.815. The van der Waals surface area contributed by atoms with Gasteiger partial charge in [-0.15, -0.1) is 0 Å². The number of rotatable bonds is 2. The average Bonchev–Trinajstić information content (AvgIpc) is 1.71. The van der Waals surface area contributed by atoms with Gasteiger partial charge in [0.2, 0.25) is 0 Å². The Kier molecular flexibility index (Phi) is 22.3. The molecule has 0 atom stereocenters. The molecule has 0 heterocycles. The Morgan fingerprint density at radius 3 is 1.75 bits per heavy atom. The fraction of sp³-hybridized carbons (Fsp3) is 1.00. The number of hydrogen-bond donors (Lipinski definition) is 1. The standard InChI is InChI=1S/2C2H5.Al.HO2P/c2*1-2;;1-3-2/h2*1H2,2H3;;(H,1,2)/q;;+1;. The van der Waals surface area contributed by atoms with Crippen molar-refractivity contribution in [2.24, 2.45) is 0 Å². The quantitative estimate of drug-likeness (QED) is 0.479. The first-order valence-electron chi connectivity index (χ1n) is 2.61. The summed E-state index contributed by atoms with van der Waals surface area (Å²) in [6.45, 7) is 4.50. The Labute approximate surface area is 58.3 Å². The van der Waals surface area contributed by atoms with Crippen LogP contribution in [-0.2, 0) is 4.57 Å². The Morgan fingerprint density at radius 1 is 1.50 bits per heavy atom.